The third kappa shape index (κ3) is 3.47. The number of halogens is 2. The van der Waals surface area contributed by atoms with E-state index in [9.17, 15) is 8.42 Å². The van der Waals surface area contributed by atoms with Crippen LogP contribution in [0.3, 0.4) is 0 Å². The maximum atomic E-state index is 12.8. The summed E-state index contributed by atoms with van der Waals surface area (Å²) in [4.78, 5) is 0.0382. The summed E-state index contributed by atoms with van der Waals surface area (Å²) >= 11 is 12.1. The second-order valence-corrected chi connectivity index (χ2v) is 8.41. The minimum absolute atomic E-state index is 0.0382. The molecule has 0 amide bonds. The highest BCUT2D eigenvalue weighted by Crippen LogP contribution is 2.36. The van der Waals surface area contributed by atoms with E-state index < -0.39 is 10.0 Å². The van der Waals surface area contributed by atoms with Crippen molar-refractivity contribution in [3.8, 4) is 5.75 Å². The summed E-state index contributed by atoms with van der Waals surface area (Å²) in [6.45, 7) is 5.13. The highest BCUT2D eigenvalue weighted by atomic mass is 35.5. The van der Waals surface area contributed by atoms with Gasteiger partial charge in [-0.25, -0.2) is 8.42 Å². The van der Waals surface area contributed by atoms with Crippen LogP contribution in [0.25, 0.3) is 0 Å². The lowest BCUT2D eigenvalue weighted by Gasteiger charge is -2.34. The lowest BCUT2D eigenvalue weighted by atomic mass is 9.94. The van der Waals surface area contributed by atoms with Crippen molar-refractivity contribution >= 4 is 33.2 Å². The minimum Gasteiger partial charge on any atom is -0.495 e. The number of methoxy groups -OCH3 is 1. The molecule has 1 aromatic carbocycles. The maximum Gasteiger partial charge on any atom is 0.244 e. The summed E-state index contributed by atoms with van der Waals surface area (Å²) in [7, 11) is -2.19. The van der Waals surface area contributed by atoms with Crippen LogP contribution in [0.15, 0.2) is 17.0 Å². The third-order valence-electron chi connectivity index (χ3n) is 3.66. The van der Waals surface area contributed by atoms with Gasteiger partial charge < -0.3 is 4.74 Å². The van der Waals surface area contributed by atoms with Crippen LogP contribution in [-0.4, -0.2) is 32.9 Å². The first-order valence-electron chi connectivity index (χ1n) is 6.79. The van der Waals surface area contributed by atoms with E-state index in [-0.39, 0.29) is 14.9 Å². The van der Waals surface area contributed by atoms with Crippen molar-refractivity contribution in [1.29, 1.82) is 0 Å². The summed E-state index contributed by atoms with van der Waals surface area (Å²) in [5, 5.41) is 0.362. The van der Waals surface area contributed by atoms with Gasteiger partial charge in [0.05, 0.1) is 17.2 Å². The summed E-state index contributed by atoms with van der Waals surface area (Å²) in [5.74, 6) is 1.02. The van der Waals surface area contributed by atoms with Gasteiger partial charge >= 0.3 is 0 Å². The molecule has 0 bridgehead atoms. The Kier molecular flexibility index (Phi) is 5.08. The van der Waals surface area contributed by atoms with Crippen molar-refractivity contribution in [2.45, 2.75) is 25.2 Å². The molecule has 1 aliphatic heterocycles. The molecule has 0 aromatic heterocycles. The second kappa shape index (κ2) is 6.32. The average Bonchev–Trinajstić information content (AvgIpc) is 2.39. The highest BCUT2D eigenvalue weighted by Gasteiger charge is 2.33. The van der Waals surface area contributed by atoms with Crippen LogP contribution in [0.4, 0.5) is 0 Å². The van der Waals surface area contributed by atoms with E-state index in [2.05, 4.69) is 13.8 Å². The van der Waals surface area contributed by atoms with Gasteiger partial charge in [0.15, 0.2) is 0 Å². The molecule has 118 valence electrons. The van der Waals surface area contributed by atoms with Crippen molar-refractivity contribution in [3.63, 3.8) is 0 Å². The van der Waals surface area contributed by atoms with Crippen LogP contribution in [0.1, 0.15) is 20.3 Å². The monoisotopic (exact) mass is 351 g/mol. The van der Waals surface area contributed by atoms with Crippen molar-refractivity contribution in [3.05, 3.63) is 22.2 Å². The molecule has 1 aromatic rings. The third-order valence-corrected chi connectivity index (χ3v) is 6.25. The number of sulfonamides is 1. The molecule has 0 aliphatic carbocycles. The van der Waals surface area contributed by atoms with Gasteiger partial charge in [0.25, 0.3) is 0 Å². The number of piperidine rings is 1. The number of ether oxygens (including phenoxy) is 1. The van der Waals surface area contributed by atoms with E-state index in [1.54, 1.807) is 0 Å². The van der Waals surface area contributed by atoms with E-state index in [1.807, 2.05) is 0 Å². The maximum absolute atomic E-state index is 12.8. The fourth-order valence-electron chi connectivity index (χ4n) is 2.81. The molecule has 0 radical (unpaired) electrons. The molecule has 1 heterocycles. The van der Waals surface area contributed by atoms with Gasteiger partial charge in [0.2, 0.25) is 10.0 Å². The highest BCUT2D eigenvalue weighted by molar-refractivity contribution is 7.89. The predicted octanol–water partition coefficient (Wildman–Crippen LogP) is 3.67. The van der Waals surface area contributed by atoms with Crippen LogP contribution in [0.2, 0.25) is 10.0 Å². The standard InChI is InChI=1S/C14H19Cl2NO3S/c1-9-4-10(2)8-17(7-9)21(18,19)14-6-11(15)13(20-3)5-12(14)16/h5-6,9-10H,4,7-8H2,1-3H3/t9-,10-/m0/s1. The zero-order chi connectivity index (χ0) is 15.8. The molecule has 0 saturated carbocycles. The fraction of sp³-hybridized carbons (Fsp3) is 0.571. The Bertz CT molecular complexity index is 623. The van der Waals surface area contributed by atoms with Gasteiger partial charge in [0.1, 0.15) is 10.6 Å². The van der Waals surface area contributed by atoms with Crippen LogP contribution in [0.5, 0.6) is 5.75 Å². The number of benzene rings is 1. The lowest BCUT2D eigenvalue weighted by molar-refractivity contribution is 0.222. The first-order valence-corrected chi connectivity index (χ1v) is 8.98. The number of rotatable bonds is 3. The van der Waals surface area contributed by atoms with E-state index in [4.69, 9.17) is 27.9 Å². The average molecular weight is 352 g/mol. The summed E-state index contributed by atoms with van der Waals surface area (Å²) in [6.07, 6.45) is 1.03. The molecule has 0 N–H and O–H groups in total. The summed E-state index contributed by atoms with van der Waals surface area (Å²) in [5.41, 5.74) is 0. The normalized spacial score (nSPS) is 24.0. The molecule has 4 nitrogen and oxygen atoms in total. The van der Waals surface area contributed by atoms with Gasteiger partial charge in [0, 0.05) is 19.2 Å². The number of nitrogens with zero attached hydrogens (tertiary/aromatic N) is 1. The Balaban J connectivity index is 2.42. The largest absolute Gasteiger partial charge is 0.495 e. The van der Waals surface area contributed by atoms with Crippen molar-refractivity contribution in [1.82, 2.24) is 4.31 Å². The molecule has 2 rings (SSSR count). The molecule has 7 heteroatoms. The quantitative estimate of drug-likeness (QED) is 0.834. The van der Waals surface area contributed by atoms with Crippen LogP contribution >= 0.6 is 23.2 Å². The van der Waals surface area contributed by atoms with E-state index in [1.165, 1.54) is 23.5 Å². The molecule has 2 atom stereocenters. The fourth-order valence-corrected chi connectivity index (χ4v) is 5.31. The van der Waals surface area contributed by atoms with Crippen LogP contribution in [0, 0.1) is 11.8 Å². The Morgan fingerprint density at radius 2 is 1.71 bits per heavy atom. The topological polar surface area (TPSA) is 46.6 Å². The van der Waals surface area contributed by atoms with Crippen molar-refractivity contribution < 1.29 is 13.2 Å². The van der Waals surface area contributed by atoms with E-state index >= 15 is 0 Å². The first kappa shape index (κ1) is 16.9. The summed E-state index contributed by atoms with van der Waals surface area (Å²) < 4.78 is 32.1. The molecule has 1 aliphatic rings. The van der Waals surface area contributed by atoms with Crippen molar-refractivity contribution in [2.75, 3.05) is 20.2 Å². The predicted molar refractivity (Wildman–Crippen MR) is 84.7 cm³/mol. The van der Waals surface area contributed by atoms with Crippen LogP contribution < -0.4 is 4.74 Å². The molecule has 1 saturated heterocycles. The zero-order valence-corrected chi connectivity index (χ0v) is 14.6. The van der Waals surface area contributed by atoms with Gasteiger partial charge in [-0.1, -0.05) is 37.0 Å². The van der Waals surface area contributed by atoms with E-state index in [0.29, 0.717) is 30.7 Å². The number of hydrogen-bond acceptors (Lipinski definition) is 3. The molecular formula is C14H19Cl2NO3S. The summed E-state index contributed by atoms with van der Waals surface area (Å²) in [6, 6.07) is 2.80. The first-order chi connectivity index (χ1) is 9.75. The Morgan fingerprint density at radius 1 is 1.14 bits per heavy atom. The molecule has 0 spiro atoms. The zero-order valence-electron chi connectivity index (χ0n) is 12.3. The van der Waals surface area contributed by atoms with Crippen LogP contribution in [-0.2, 0) is 10.0 Å². The van der Waals surface area contributed by atoms with Gasteiger partial charge in [-0.15, -0.1) is 0 Å². The smallest absolute Gasteiger partial charge is 0.244 e. The van der Waals surface area contributed by atoms with Gasteiger partial charge in [-0.3, -0.25) is 0 Å². The molecular weight excluding hydrogens is 333 g/mol. The molecule has 1 fully saturated rings. The molecule has 0 unspecified atom stereocenters. The number of hydrogen-bond donors (Lipinski definition) is 0. The minimum atomic E-state index is -3.64. The second-order valence-electron chi connectivity index (χ2n) is 5.69. The molecule has 21 heavy (non-hydrogen) atoms. The van der Waals surface area contributed by atoms with Crippen molar-refractivity contribution in [2.24, 2.45) is 11.8 Å². The Morgan fingerprint density at radius 3 is 2.24 bits per heavy atom. The Hall–Kier alpha value is -0.490. The van der Waals surface area contributed by atoms with Gasteiger partial charge in [-0.2, -0.15) is 4.31 Å². The lowest BCUT2D eigenvalue weighted by Crippen LogP contribution is -2.42. The van der Waals surface area contributed by atoms with Gasteiger partial charge in [-0.05, 0) is 24.3 Å². The van der Waals surface area contributed by atoms with E-state index in [0.717, 1.165) is 6.42 Å². The Labute approximate surface area is 136 Å². The SMILES string of the molecule is COc1cc(Cl)c(S(=O)(=O)N2C[C@@H](C)C[C@H](C)C2)cc1Cl.